The predicted molar refractivity (Wildman–Crippen MR) is 85.9 cm³/mol. The lowest BCUT2D eigenvalue weighted by atomic mass is 9.98. The monoisotopic (exact) mass is 338 g/mol. The second-order valence-electron chi connectivity index (χ2n) is 5.14. The molecule has 8 heteroatoms. The van der Waals surface area contributed by atoms with E-state index in [0.29, 0.717) is 24.6 Å². The summed E-state index contributed by atoms with van der Waals surface area (Å²) in [5, 5.41) is 10.7. The van der Waals surface area contributed by atoms with Gasteiger partial charge in [-0.05, 0) is 31.9 Å². The standard InChI is InChI=1S/C15H18N2O5S/c1-2-22-15(19)11-4-3-9-16(10-11)13(18)7-5-12-6-8-14(23-12)17(20)21/h5-8,11H,2-4,9-10H2,1H3/b7-5+. The summed E-state index contributed by atoms with van der Waals surface area (Å²) in [7, 11) is 0. The minimum Gasteiger partial charge on any atom is -0.466 e. The average molecular weight is 338 g/mol. The van der Waals surface area contributed by atoms with Crippen LogP contribution in [-0.4, -0.2) is 41.4 Å². The van der Waals surface area contributed by atoms with Crippen LogP contribution in [0.5, 0.6) is 0 Å². The van der Waals surface area contributed by atoms with Crippen LogP contribution in [0.4, 0.5) is 5.00 Å². The summed E-state index contributed by atoms with van der Waals surface area (Å²) < 4.78 is 5.01. The average Bonchev–Trinajstić information content (AvgIpc) is 3.02. The second-order valence-corrected chi connectivity index (χ2v) is 6.24. The Bertz CT molecular complexity index is 625. The zero-order valence-corrected chi connectivity index (χ0v) is 13.6. The van der Waals surface area contributed by atoms with Crippen molar-refractivity contribution in [1.82, 2.24) is 4.90 Å². The van der Waals surface area contributed by atoms with Gasteiger partial charge in [0.2, 0.25) is 5.91 Å². The number of esters is 1. The molecular weight excluding hydrogens is 320 g/mol. The third-order valence-electron chi connectivity index (χ3n) is 3.54. The number of likely N-dealkylation sites (tertiary alicyclic amines) is 1. The molecule has 0 aromatic carbocycles. The van der Waals surface area contributed by atoms with E-state index >= 15 is 0 Å². The smallest absolute Gasteiger partial charge is 0.324 e. The number of nitro groups is 1. The highest BCUT2D eigenvalue weighted by Crippen LogP contribution is 2.25. The first-order valence-corrected chi connectivity index (χ1v) is 8.20. The SMILES string of the molecule is CCOC(=O)C1CCCN(C(=O)/C=C/c2ccc([N+](=O)[O-])s2)C1. The molecule has 2 rings (SSSR count). The molecule has 124 valence electrons. The molecule has 7 nitrogen and oxygen atoms in total. The molecule has 1 aromatic heterocycles. The summed E-state index contributed by atoms with van der Waals surface area (Å²) in [6.07, 6.45) is 4.44. The molecule has 1 atom stereocenters. The maximum atomic E-state index is 12.2. The van der Waals surface area contributed by atoms with Gasteiger partial charge in [-0.25, -0.2) is 0 Å². The summed E-state index contributed by atoms with van der Waals surface area (Å²) in [6, 6.07) is 3.01. The lowest BCUT2D eigenvalue weighted by Gasteiger charge is -2.30. The van der Waals surface area contributed by atoms with E-state index in [4.69, 9.17) is 4.74 Å². The van der Waals surface area contributed by atoms with Gasteiger partial charge in [-0.15, -0.1) is 0 Å². The Morgan fingerprint density at radius 3 is 2.96 bits per heavy atom. The van der Waals surface area contributed by atoms with E-state index in [0.717, 1.165) is 24.2 Å². The highest BCUT2D eigenvalue weighted by molar-refractivity contribution is 7.16. The summed E-state index contributed by atoms with van der Waals surface area (Å²) in [6.45, 7) is 3.04. The largest absolute Gasteiger partial charge is 0.466 e. The number of ether oxygens (including phenoxy) is 1. The third-order valence-corrected chi connectivity index (χ3v) is 4.54. The molecule has 0 N–H and O–H groups in total. The van der Waals surface area contributed by atoms with Crippen LogP contribution < -0.4 is 0 Å². The molecule has 23 heavy (non-hydrogen) atoms. The van der Waals surface area contributed by atoms with E-state index in [9.17, 15) is 19.7 Å². The van der Waals surface area contributed by atoms with Gasteiger partial charge in [0.1, 0.15) is 0 Å². The Morgan fingerprint density at radius 2 is 2.30 bits per heavy atom. The van der Waals surface area contributed by atoms with Crippen molar-refractivity contribution in [2.75, 3.05) is 19.7 Å². The molecule has 1 aliphatic rings. The summed E-state index contributed by atoms with van der Waals surface area (Å²) in [5.41, 5.74) is 0. The maximum Gasteiger partial charge on any atom is 0.324 e. The Labute approximate surface area is 137 Å². The fraction of sp³-hybridized carbons (Fsp3) is 0.467. The number of amides is 1. The van der Waals surface area contributed by atoms with Gasteiger partial charge in [0.05, 0.1) is 17.4 Å². The highest BCUT2D eigenvalue weighted by Gasteiger charge is 2.28. The maximum absolute atomic E-state index is 12.2. The van der Waals surface area contributed by atoms with Crippen LogP contribution in [-0.2, 0) is 14.3 Å². The third kappa shape index (κ3) is 4.62. The zero-order chi connectivity index (χ0) is 16.8. The first-order chi connectivity index (χ1) is 11.0. The van der Waals surface area contributed by atoms with E-state index in [-0.39, 0.29) is 22.8 Å². The Balaban J connectivity index is 1.95. The van der Waals surface area contributed by atoms with E-state index < -0.39 is 4.92 Å². The van der Waals surface area contributed by atoms with Crippen molar-refractivity contribution in [3.63, 3.8) is 0 Å². The van der Waals surface area contributed by atoms with Crippen LogP contribution in [0, 0.1) is 16.0 Å². The molecule has 1 amide bonds. The number of nitrogens with zero attached hydrogens (tertiary/aromatic N) is 2. The lowest BCUT2D eigenvalue weighted by molar-refractivity contribution is -0.380. The number of hydrogen-bond donors (Lipinski definition) is 0. The highest BCUT2D eigenvalue weighted by atomic mass is 32.1. The van der Waals surface area contributed by atoms with Crippen molar-refractivity contribution in [3.05, 3.63) is 33.2 Å². The van der Waals surface area contributed by atoms with Crippen LogP contribution in [0.2, 0.25) is 0 Å². The molecule has 1 fully saturated rings. The molecule has 0 spiro atoms. The number of hydrogen-bond acceptors (Lipinski definition) is 6. The first kappa shape index (κ1) is 17.1. The fourth-order valence-electron chi connectivity index (χ4n) is 2.42. The van der Waals surface area contributed by atoms with Gasteiger partial charge in [0, 0.05) is 30.1 Å². The van der Waals surface area contributed by atoms with Crippen molar-refractivity contribution in [1.29, 1.82) is 0 Å². The van der Waals surface area contributed by atoms with Gasteiger partial charge in [0.15, 0.2) is 0 Å². The molecular formula is C15H18N2O5S. The molecule has 1 unspecified atom stereocenters. The van der Waals surface area contributed by atoms with E-state index in [1.165, 1.54) is 12.1 Å². The van der Waals surface area contributed by atoms with Gasteiger partial charge < -0.3 is 9.64 Å². The second kappa shape index (κ2) is 7.87. The molecule has 1 aromatic rings. The van der Waals surface area contributed by atoms with E-state index in [1.54, 1.807) is 24.0 Å². The van der Waals surface area contributed by atoms with Crippen molar-refractivity contribution in [3.8, 4) is 0 Å². The normalized spacial score (nSPS) is 18.1. The topological polar surface area (TPSA) is 89.8 Å². The van der Waals surface area contributed by atoms with Crippen LogP contribution >= 0.6 is 11.3 Å². The van der Waals surface area contributed by atoms with Crippen molar-refractivity contribution >= 4 is 34.3 Å². The summed E-state index contributed by atoms with van der Waals surface area (Å²) in [4.78, 5) is 36.4. The number of rotatable bonds is 5. The van der Waals surface area contributed by atoms with Crippen LogP contribution in [0.25, 0.3) is 6.08 Å². The number of piperidine rings is 1. The molecule has 0 saturated carbocycles. The minimum atomic E-state index is -0.460. The Morgan fingerprint density at radius 1 is 1.52 bits per heavy atom. The van der Waals surface area contributed by atoms with Crippen LogP contribution in [0.3, 0.4) is 0 Å². The summed E-state index contributed by atoms with van der Waals surface area (Å²) in [5.74, 6) is -0.734. The molecule has 0 aliphatic carbocycles. The molecule has 0 radical (unpaired) electrons. The van der Waals surface area contributed by atoms with Gasteiger partial charge >= 0.3 is 11.0 Å². The van der Waals surface area contributed by atoms with Crippen molar-refractivity contribution in [2.45, 2.75) is 19.8 Å². The quantitative estimate of drug-likeness (QED) is 0.356. The van der Waals surface area contributed by atoms with Gasteiger partial charge in [-0.3, -0.25) is 19.7 Å². The van der Waals surface area contributed by atoms with Crippen molar-refractivity contribution in [2.24, 2.45) is 5.92 Å². The number of carbonyl (C=O) groups excluding carboxylic acids is 2. The Kier molecular flexibility index (Phi) is 5.86. The Hall–Kier alpha value is -2.22. The van der Waals surface area contributed by atoms with Crippen molar-refractivity contribution < 1.29 is 19.2 Å². The molecule has 2 heterocycles. The summed E-state index contributed by atoms with van der Waals surface area (Å²) >= 11 is 1.01. The van der Waals surface area contributed by atoms with Gasteiger partial charge in [-0.1, -0.05) is 11.3 Å². The van der Waals surface area contributed by atoms with E-state index in [1.807, 2.05) is 0 Å². The molecule has 1 saturated heterocycles. The minimum absolute atomic E-state index is 0.0393. The van der Waals surface area contributed by atoms with Crippen LogP contribution in [0.1, 0.15) is 24.6 Å². The zero-order valence-electron chi connectivity index (χ0n) is 12.8. The first-order valence-electron chi connectivity index (χ1n) is 7.39. The fourth-order valence-corrected chi connectivity index (χ4v) is 3.14. The van der Waals surface area contributed by atoms with E-state index in [2.05, 4.69) is 0 Å². The molecule has 0 bridgehead atoms. The molecule has 1 aliphatic heterocycles. The lowest BCUT2D eigenvalue weighted by Crippen LogP contribution is -2.42. The van der Waals surface area contributed by atoms with Gasteiger partial charge in [0.25, 0.3) is 0 Å². The number of carbonyl (C=O) groups is 2. The number of thiophene rings is 1. The van der Waals surface area contributed by atoms with Crippen LogP contribution in [0.15, 0.2) is 18.2 Å². The predicted octanol–water partition coefficient (Wildman–Crippen LogP) is 2.47. The van der Waals surface area contributed by atoms with Gasteiger partial charge in [-0.2, -0.15) is 0 Å².